The van der Waals surface area contributed by atoms with Crippen molar-refractivity contribution in [3.8, 4) is 16.9 Å². The summed E-state index contributed by atoms with van der Waals surface area (Å²) in [7, 11) is 1.28. The van der Waals surface area contributed by atoms with Gasteiger partial charge in [-0.3, -0.25) is 9.36 Å². The summed E-state index contributed by atoms with van der Waals surface area (Å²) in [6.07, 6.45) is -5.30. The molecule has 41 heavy (non-hydrogen) atoms. The largest absolute Gasteiger partial charge is 0.494 e. The Labute approximate surface area is 241 Å². The number of alkyl halides is 3. The van der Waals surface area contributed by atoms with Gasteiger partial charge < -0.3 is 10.5 Å². The van der Waals surface area contributed by atoms with Crippen LogP contribution >= 0.6 is 23.4 Å². The first-order chi connectivity index (χ1) is 19.5. The SMILES string of the molecule is COc1cccc(-c2c(C)c(Cc3c(F)cccc3C(F)(F)F)c3n(c2=O)C(C(N)c2ccccc2Cl)CS3)c1F. The van der Waals surface area contributed by atoms with Gasteiger partial charge in [-0.1, -0.05) is 48.0 Å². The first-order valence-electron chi connectivity index (χ1n) is 12.5. The number of thioether (sulfide) groups is 1. The number of ether oxygens (including phenoxy) is 1. The van der Waals surface area contributed by atoms with Gasteiger partial charge in [-0.2, -0.15) is 13.2 Å². The van der Waals surface area contributed by atoms with Gasteiger partial charge in [0.25, 0.3) is 5.56 Å². The fourth-order valence-corrected chi connectivity index (χ4v) is 7.01. The molecule has 2 heterocycles. The molecule has 2 N–H and O–H groups in total. The average molecular weight is 607 g/mol. The molecule has 214 valence electrons. The van der Waals surface area contributed by atoms with Crippen molar-refractivity contribution in [2.75, 3.05) is 12.9 Å². The second kappa shape index (κ2) is 11.2. The summed E-state index contributed by atoms with van der Waals surface area (Å²) in [5, 5.41) is 0.738. The summed E-state index contributed by atoms with van der Waals surface area (Å²) in [5.41, 5.74) is 5.30. The number of nitrogens with two attached hydrogens (primary N) is 1. The monoisotopic (exact) mass is 606 g/mol. The molecule has 1 aliphatic heterocycles. The molecule has 3 aromatic carbocycles. The number of rotatable bonds is 6. The van der Waals surface area contributed by atoms with Crippen LogP contribution in [-0.4, -0.2) is 17.4 Å². The van der Waals surface area contributed by atoms with Crippen LogP contribution in [0.3, 0.4) is 0 Å². The quantitative estimate of drug-likeness (QED) is 0.228. The predicted molar refractivity (Wildman–Crippen MR) is 150 cm³/mol. The molecule has 0 amide bonds. The van der Waals surface area contributed by atoms with Gasteiger partial charge in [-0.15, -0.1) is 11.8 Å². The lowest BCUT2D eigenvalue weighted by molar-refractivity contribution is -0.138. The lowest BCUT2D eigenvalue weighted by Crippen LogP contribution is -2.33. The highest BCUT2D eigenvalue weighted by molar-refractivity contribution is 7.99. The van der Waals surface area contributed by atoms with Crippen molar-refractivity contribution in [1.29, 1.82) is 0 Å². The summed E-state index contributed by atoms with van der Waals surface area (Å²) < 4.78 is 78.8. The maximum absolute atomic E-state index is 15.6. The number of pyridine rings is 1. The van der Waals surface area contributed by atoms with E-state index in [1.807, 2.05) is 0 Å². The van der Waals surface area contributed by atoms with Gasteiger partial charge in [0.2, 0.25) is 0 Å². The zero-order valence-electron chi connectivity index (χ0n) is 21.9. The summed E-state index contributed by atoms with van der Waals surface area (Å²) in [5.74, 6) is -1.66. The molecule has 2 atom stereocenters. The second-order valence-electron chi connectivity index (χ2n) is 9.65. The molecule has 2 unspecified atom stereocenters. The predicted octanol–water partition coefficient (Wildman–Crippen LogP) is 7.72. The number of fused-ring (bicyclic) bond motifs is 1. The maximum Gasteiger partial charge on any atom is 0.416 e. The number of halogens is 6. The minimum absolute atomic E-state index is 0.0658. The van der Waals surface area contributed by atoms with Crippen molar-refractivity contribution in [2.45, 2.75) is 36.6 Å². The maximum atomic E-state index is 15.6. The Kier molecular flexibility index (Phi) is 7.93. The van der Waals surface area contributed by atoms with Crippen molar-refractivity contribution < 1.29 is 26.7 Å². The summed E-state index contributed by atoms with van der Waals surface area (Å²) in [6, 6.07) is 12.5. The van der Waals surface area contributed by atoms with Crippen LogP contribution in [0.5, 0.6) is 5.75 Å². The third kappa shape index (κ3) is 5.13. The van der Waals surface area contributed by atoms with Gasteiger partial charge in [-0.05, 0) is 47.9 Å². The van der Waals surface area contributed by atoms with Gasteiger partial charge in [0.15, 0.2) is 11.6 Å². The number of aromatic nitrogens is 1. The van der Waals surface area contributed by atoms with Crippen molar-refractivity contribution >= 4 is 23.4 Å². The van der Waals surface area contributed by atoms with Crippen LogP contribution in [0.2, 0.25) is 5.02 Å². The molecule has 0 saturated heterocycles. The van der Waals surface area contributed by atoms with E-state index in [0.29, 0.717) is 21.4 Å². The van der Waals surface area contributed by atoms with Crippen LogP contribution in [0, 0.1) is 18.6 Å². The summed E-state index contributed by atoms with van der Waals surface area (Å²) >= 11 is 7.63. The minimum atomic E-state index is -4.82. The molecule has 1 aromatic heterocycles. The van der Waals surface area contributed by atoms with Crippen LogP contribution in [0.4, 0.5) is 22.0 Å². The van der Waals surface area contributed by atoms with Crippen LogP contribution in [0.25, 0.3) is 11.1 Å². The van der Waals surface area contributed by atoms with Gasteiger partial charge in [0.05, 0.1) is 35.3 Å². The Balaban J connectivity index is 1.79. The molecule has 0 bridgehead atoms. The molecule has 5 rings (SSSR count). The number of benzene rings is 3. The Morgan fingerprint density at radius 1 is 1.07 bits per heavy atom. The Hall–Kier alpha value is -3.34. The molecule has 4 nitrogen and oxygen atoms in total. The number of hydrogen-bond donors (Lipinski definition) is 1. The van der Waals surface area contributed by atoms with Crippen molar-refractivity contribution in [1.82, 2.24) is 4.57 Å². The van der Waals surface area contributed by atoms with Crippen LogP contribution in [0.15, 0.2) is 70.5 Å². The van der Waals surface area contributed by atoms with Crippen molar-refractivity contribution in [3.05, 3.63) is 115 Å². The van der Waals surface area contributed by atoms with Crippen LogP contribution < -0.4 is 16.0 Å². The smallest absolute Gasteiger partial charge is 0.416 e. The number of hydrogen-bond acceptors (Lipinski definition) is 4. The Bertz CT molecular complexity index is 1710. The summed E-state index contributed by atoms with van der Waals surface area (Å²) in [4.78, 5) is 14.2. The van der Waals surface area contributed by atoms with E-state index in [1.165, 1.54) is 48.6 Å². The van der Waals surface area contributed by atoms with E-state index >= 15 is 4.39 Å². The number of methoxy groups -OCH3 is 1. The van der Waals surface area contributed by atoms with Gasteiger partial charge >= 0.3 is 6.18 Å². The molecule has 11 heteroatoms. The fourth-order valence-electron chi connectivity index (χ4n) is 5.31. The third-order valence-electron chi connectivity index (χ3n) is 7.37. The van der Waals surface area contributed by atoms with Crippen LogP contribution in [-0.2, 0) is 12.6 Å². The minimum Gasteiger partial charge on any atom is -0.494 e. The lowest BCUT2D eigenvalue weighted by atomic mass is 9.91. The molecule has 0 aliphatic carbocycles. The highest BCUT2D eigenvalue weighted by atomic mass is 35.5. The number of nitrogens with zero attached hydrogens (tertiary/aromatic N) is 1. The van der Waals surface area contributed by atoms with Crippen molar-refractivity contribution in [2.24, 2.45) is 5.73 Å². The molecule has 0 spiro atoms. The van der Waals surface area contributed by atoms with Crippen LogP contribution in [0.1, 0.15) is 39.9 Å². The van der Waals surface area contributed by atoms with E-state index in [-0.39, 0.29) is 28.0 Å². The molecule has 1 aliphatic rings. The lowest BCUT2D eigenvalue weighted by Gasteiger charge is -2.25. The molecule has 0 radical (unpaired) electrons. The van der Waals surface area contributed by atoms with Gasteiger partial charge in [0.1, 0.15) is 5.82 Å². The molecular weight excluding hydrogens is 583 g/mol. The molecular formula is C30H24ClF5N2O2S. The zero-order valence-corrected chi connectivity index (χ0v) is 23.4. The zero-order chi connectivity index (χ0) is 29.6. The average Bonchev–Trinajstić information content (AvgIpc) is 3.37. The normalized spacial score (nSPS) is 15.6. The molecule has 4 aromatic rings. The van der Waals surface area contributed by atoms with E-state index in [2.05, 4.69) is 0 Å². The first-order valence-corrected chi connectivity index (χ1v) is 13.9. The Morgan fingerprint density at radius 2 is 1.78 bits per heavy atom. The fraction of sp³-hybridized carbons (Fsp3) is 0.233. The van der Waals surface area contributed by atoms with E-state index < -0.39 is 53.0 Å². The van der Waals surface area contributed by atoms with E-state index in [4.69, 9.17) is 22.1 Å². The van der Waals surface area contributed by atoms with E-state index in [0.717, 1.165) is 18.2 Å². The van der Waals surface area contributed by atoms with Crippen molar-refractivity contribution in [3.63, 3.8) is 0 Å². The Morgan fingerprint density at radius 3 is 2.46 bits per heavy atom. The third-order valence-corrected chi connectivity index (χ3v) is 8.94. The summed E-state index contributed by atoms with van der Waals surface area (Å²) in [6.45, 7) is 1.53. The topological polar surface area (TPSA) is 57.2 Å². The highest BCUT2D eigenvalue weighted by Crippen LogP contribution is 2.45. The highest BCUT2D eigenvalue weighted by Gasteiger charge is 2.38. The molecule has 0 fully saturated rings. The second-order valence-corrected chi connectivity index (χ2v) is 11.1. The van der Waals surface area contributed by atoms with Gasteiger partial charge in [-0.25, -0.2) is 8.78 Å². The molecule has 0 saturated carbocycles. The standard InChI is InChI=1S/C30H24ClF5N2O2S/c1-15-18(13-19-20(30(34,35)36)9-6-11-22(19)32)29-38(23(14-41-29)27(37)16-7-3-4-10-21(16)31)28(39)25(15)17-8-5-12-24(40-2)26(17)33/h3-12,23,27H,13-14,37H2,1-2H3. The first kappa shape index (κ1) is 29.2. The van der Waals surface area contributed by atoms with E-state index in [1.54, 1.807) is 24.3 Å². The van der Waals surface area contributed by atoms with Gasteiger partial charge in [0, 0.05) is 28.3 Å². The van der Waals surface area contributed by atoms with E-state index in [9.17, 15) is 22.4 Å².